The minimum Gasteiger partial charge on any atom is -0.370 e. The van der Waals surface area contributed by atoms with Gasteiger partial charge in [0.05, 0.1) is 5.75 Å². The highest BCUT2D eigenvalue weighted by Crippen LogP contribution is 1.91. The zero-order valence-corrected chi connectivity index (χ0v) is 8.34. The molecule has 0 aromatic carbocycles. The van der Waals surface area contributed by atoms with Gasteiger partial charge in [0.1, 0.15) is 0 Å². The van der Waals surface area contributed by atoms with Gasteiger partial charge in [-0.05, 0) is 0 Å². The quantitative estimate of drug-likeness (QED) is 0.553. The zero-order valence-electron chi connectivity index (χ0n) is 7.52. The fourth-order valence-corrected chi connectivity index (χ4v) is 1.50. The Bertz CT molecular complexity index is 334. The Balaban J connectivity index is 4.06. The summed E-state index contributed by atoms with van der Waals surface area (Å²) >= 11 is 0. The van der Waals surface area contributed by atoms with Crippen molar-refractivity contribution in [2.24, 2.45) is 5.73 Å². The van der Waals surface area contributed by atoms with E-state index in [9.17, 15) is 18.0 Å². The molecule has 14 heavy (non-hydrogen) atoms. The average molecular weight is 220 g/mol. The zero-order chi connectivity index (χ0) is 11.2. The van der Waals surface area contributed by atoms with Crippen molar-refractivity contribution in [2.45, 2.75) is 12.8 Å². The van der Waals surface area contributed by atoms with Gasteiger partial charge in [-0.2, -0.15) is 0 Å². The van der Waals surface area contributed by atoms with Crippen molar-refractivity contribution in [1.82, 2.24) is 4.72 Å². The number of amides is 2. The number of sulfonamides is 1. The number of primary amides is 1. The molecule has 0 unspecified atom stereocenters. The SMILES string of the molecule is C=CCS(=O)(=O)NC(=O)CCC(N)=O. The van der Waals surface area contributed by atoms with Gasteiger partial charge in [0.2, 0.25) is 21.8 Å². The molecule has 0 aliphatic rings. The molecular formula is C7H12N2O4S. The maximum Gasteiger partial charge on any atom is 0.238 e. The second-order valence-corrected chi connectivity index (χ2v) is 4.33. The summed E-state index contributed by atoms with van der Waals surface area (Å²) in [6.07, 6.45) is 0.755. The van der Waals surface area contributed by atoms with Crippen LogP contribution < -0.4 is 10.5 Å². The molecular weight excluding hydrogens is 208 g/mol. The molecule has 0 aromatic rings. The molecule has 0 rings (SSSR count). The first-order valence-corrected chi connectivity index (χ1v) is 5.45. The van der Waals surface area contributed by atoms with E-state index in [1.54, 1.807) is 4.72 Å². The molecule has 0 bridgehead atoms. The van der Waals surface area contributed by atoms with E-state index in [0.29, 0.717) is 0 Å². The third-order valence-corrected chi connectivity index (χ3v) is 2.42. The van der Waals surface area contributed by atoms with Gasteiger partial charge in [0.25, 0.3) is 0 Å². The van der Waals surface area contributed by atoms with Crippen molar-refractivity contribution in [1.29, 1.82) is 0 Å². The first-order chi connectivity index (χ1) is 6.37. The van der Waals surface area contributed by atoms with Gasteiger partial charge < -0.3 is 5.73 Å². The summed E-state index contributed by atoms with van der Waals surface area (Å²) in [6, 6.07) is 0. The Morgan fingerprint density at radius 2 is 1.93 bits per heavy atom. The summed E-state index contributed by atoms with van der Waals surface area (Å²) in [4.78, 5) is 21.2. The number of nitrogens with one attached hydrogen (secondary N) is 1. The number of nitrogens with two attached hydrogens (primary N) is 1. The molecule has 0 radical (unpaired) electrons. The van der Waals surface area contributed by atoms with Gasteiger partial charge in [-0.1, -0.05) is 6.08 Å². The second kappa shape index (κ2) is 5.38. The molecule has 0 spiro atoms. The third kappa shape index (κ3) is 6.18. The molecule has 0 aromatic heterocycles. The Morgan fingerprint density at radius 1 is 1.36 bits per heavy atom. The van der Waals surface area contributed by atoms with Crippen LogP contribution in [-0.2, 0) is 19.6 Å². The third-order valence-electron chi connectivity index (χ3n) is 1.21. The second-order valence-electron chi connectivity index (χ2n) is 2.56. The fraction of sp³-hybridized carbons (Fsp3) is 0.429. The van der Waals surface area contributed by atoms with Gasteiger partial charge in [0.15, 0.2) is 0 Å². The first-order valence-electron chi connectivity index (χ1n) is 3.80. The normalized spacial score (nSPS) is 10.6. The van der Waals surface area contributed by atoms with Crippen LogP contribution in [0.25, 0.3) is 0 Å². The van der Waals surface area contributed by atoms with Crippen LogP contribution in [0.1, 0.15) is 12.8 Å². The van der Waals surface area contributed by atoms with E-state index in [2.05, 4.69) is 6.58 Å². The summed E-state index contributed by atoms with van der Waals surface area (Å²) in [7, 11) is -3.65. The first kappa shape index (κ1) is 12.6. The van der Waals surface area contributed by atoms with Crippen molar-refractivity contribution in [3.05, 3.63) is 12.7 Å². The molecule has 7 heteroatoms. The molecule has 3 N–H and O–H groups in total. The summed E-state index contributed by atoms with van der Waals surface area (Å²) in [5.41, 5.74) is 4.78. The molecule has 0 aliphatic heterocycles. The van der Waals surface area contributed by atoms with Gasteiger partial charge in [-0.15, -0.1) is 6.58 Å². The van der Waals surface area contributed by atoms with Crippen LogP contribution in [0.15, 0.2) is 12.7 Å². The van der Waals surface area contributed by atoms with Crippen molar-refractivity contribution in [2.75, 3.05) is 5.75 Å². The van der Waals surface area contributed by atoms with E-state index in [-0.39, 0.29) is 18.6 Å². The Labute approximate surface area is 82.2 Å². The van der Waals surface area contributed by atoms with Crippen LogP contribution in [-0.4, -0.2) is 26.0 Å². The molecule has 0 saturated heterocycles. The Morgan fingerprint density at radius 3 is 2.36 bits per heavy atom. The average Bonchev–Trinajstić information content (AvgIpc) is 1.99. The molecule has 0 heterocycles. The lowest BCUT2D eigenvalue weighted by atomic mass is 10.3. The fourth-order valence-electron chi connectivity index (χ4n) is 0.658. The van der Waals surface area contributed by atoms with Crippen LogP contribution in [0.2, 0.25) is 0 Å². The Hall–Kier alpha value is -1.37. The largest absolute Gasteiger partial charge is 0.370 e. The van der Waals surface area contributed by atoms with Crippen LogP contribution in [0, 0.1) is 0 Å². The van der Waals surface area contributed by atoms with Crippen LogP contribution in [0.3, 0.4) is 0 Å². The van der Waals surface area contributed by atoms with Gasteiger partial charge in [-0.25, -0.2) is 8.42 Å². The van der Waals surface area contributed by atoms with Gasteiger partial charge in [-0.3, -0.25) is 14.3 Å². The smallest absolute Gasteiger partial charge is 0.238 e. The summed E-state index contributed by atoms with van der Waals surface area (Å²) in [6.45, 7) is 3.22. The number of carbonyl (C=O) groups is 2. The van der Waals surface area contributed by atoms with Crippen molar-refractivity contribution < 1.29 is 18.0 Å². The highest BCUT2D eigenvalue weighted by molar-refractivity contribution is 7.90. The van der Waals surface area contributed by atoms with Crippen molar-refractivity contribution in [3.8, 4) is 0 Å². The molecule has 0 saturated carbocycles. The van der Waals surface area contributed by atoms with Crippen LogP contribution in [0.5, 0.6) is 0 Å². The van der Waals surface area contributed by atoms with Crippen LogP contribution >= 0.6 is 0 Å². The number of hydrogen-bond donors (Lipinski definition) is 2. The van der Waals surface area contributed by atoms with E-state index in [1.165, 1.54) is 0 Å². The number of carbonyl (C=O) groups excluding carboxylic acids is 2. The lowest BCUT2D eigenvalue weighted by molar-refractivity contribution is -0.123. The van der Waals surface area contributed by atoms with E-state index >= 15 is 0 Å². The molecule has 0 aliphatic carbocycles. The number of rotatable bonds is 6. The molecule has 0 fully saturated rings. The Kier molecular flexibility index (Phi) is 4.85. The monoisotopic (exact) mass is 220 g/mol. The molecule has 2 amide bonds. The van der Waals surface area contributed by atoms with Crippen molar-refractivity contribution >= 4 is 21.8 Å². The highest BCUT2D eigenvalue weighted by Gasteiger charge is 2.12. The predicted octanol–water partition coefficient (Wildman–Crippen LogP) is -1.12. The maximum atomic E-state index is 11.0. The summed E-state index contributed by atoms with van der Waals surface area (Å²) < 4.78 is 23.7. The standard InChI is InChI=1S/C7H12N2O4S/c1-2-5-14(12,13)9-7(11)4-3-6(8)10/h2H,1,3-5H2,(H2,8,10)(H,9,11). The van der Waals surface area contributed by atoms with Gasteiger partial charge in [0, 0.05) is 12.8 Å². The molecule has 0 atom stereocenters. The van der Waals surface area contributed by atoms with E-state index in [4.69, 9.17) is 5.73 Å². The van der Waals surface area contributed by atoms with Gasteiger partial charge >= 0.3 is 0 Å². The van der Waals surface area contributed by atoms with Crippen molar-refractivity contribution in [3.63, 3.8) is 0 Å². The van der Waals surface area contributed by atoms with E-state index in [0.717, 1.165) is 6.08 Å². The lowest BCUT2D eigenvalue weighted by Gasteiger charge is -2.02. The lowest BCUT2D eigenvalue weighted by Crippen LogP contribution is -2.32. The number of hydrogen-bond acceptors (Lipinski definition) is 4. The maximum absolute atomic E-state index is 11.0. The molecule has 6 nitrogen and oxygen atoms in total. The van der Waals surface area contributed by atoms with E-state index in [1.807, 2.05) is 0 Å². The summed E-state index contributed by atoms with van der Waals surface area (Å²) in [5.74, 6) is -1.73. The minimum atomic E-state index is -3.65. The molecule has 80 valence electrons. The van der Waals surface area contributed by atoms with Crippen LogP contribution in [0.4, 0.5) is 0 Å². The summed E-state index contributed by atoms with van der Waals surface area (Å²) in [5, 5.41) is 0. The van der Waals surface area contributed by atoms with E-state index < -0.39 is 21.8 Å². The highest BCUT2D eigenvalue weighted by atomic mass is 32.2. The topological polar surface area (TPSA) is 106 Å². The minimum absolute atomic E-state index is 0.171. The predicted molar refractivity (Wildman–Crippen MR) is 50.6 cm³/mol.